The molecule has 1 aliphatic rings. The number of hydrogen-bond donors (Lipinski definition) is 1. The van der Waals surface area contributed by atoms with Crippen molar-refractivity contribution in [2.75, 3.05) is 11.6 Å². The molecule has 0 unspecified atom stereocenters. The van der Waals surface area contributed by atoms with Crippen molar-refractivity contribution in [1.29, 1.82) is 0 Å². The molecule has 0 saturated heterocycles. The van der Waals surface area contributed by atoms with Crippen molar-refractivity contribution >= 4 is 34.0 Å². The van der Waals surface area contributed by atoms with Gasteiger partial charge in [-0.05, 0) is 19.1 Å². The normalized spacial score (nSPS) is 14.4. The number of benzene rings is 1. The number of rotatable bonds is 4. The van der Waals surface area contributed by atoms with Crippen molar-refractivity contribution in [3.05, 3.63) is 30.3 Å². The Hall–Kier alpha value is -1.33. The van der Waals surface area contributed by atoms with E-state index in [9.17, 15) is 4.79 Å². The van der Waals surface area contributed by atoms with Crippen LogP contribution in [0.3, 0.4) is 0 Å². The van der Waals surface area contributed by atoms with E-state index in [4.69, 9.17) is 0 Å². The molecule has 0 bridgehead atoms. The summed E-state index contributed by atoms with van der Waals surface area (Å²) in [5.74, 6) is 0.344. The van der Waals surface area contributed by atoms with Gasteiger partial charge in [0.1, 0.15) is 10.7 Å². The predicted octanol–water partition coefficient (Wildman–Crippen LogP) is 3.88. The average molecular weight is 290 g/mol. The van der Waals surface area contributed by atoms with Gasteiger partial charge in [0, 0.05) is 11.5 Å². The summed E-state index contributed by atoms with van der Waals surface area (Å²) < 4.78 is 0.977. The van der Waals surface area contributed by atoms with Gasteiger partial charge >= 0.3 is 0 Å². The van der Waals surface area contributed by atoms with Gasteiger partial charge in [-0.25, -0.2) is 4.98 Å². The van der Waals surface area contributed by atoms with Gasteiger partial charge in [0.05, 0.1) is 0 Å². The minimum atomic E-state index is 0.133. The highest BCUT2D eigenvalue weighted by Gasteiger charge is 2.30. The quantitative estimate of drug-likeness (QED) is 0.869. The van der Waals surface area contributed by atoms with Crippen LogP contribution >= 0.6 is 23.1 Å². The maximum atomic E-state index is 11.9. The van der Waals surface area contributed by atoms with Gasteiger partial charge in [0.15, 0.2) is 4.34 Å². The van der Waals surface area contributed by atoms with E-state index in [2.05, 4.69) is 10.3 Å². The summed E-state index contributed by atoms with van der Waals surface area (Å²) in [4.78, 5) is 16.5. The Labute approximate surface area is 120 Å². The Kier molecular flexibility index (Phi) is 3.57. The van der Waals surface area contributed by atoms with E-state index < -0.39 is 0 Å². The summed E-state index contributed by atoms with van der Waals surface area (Å²) in [6.45, 7) is 0. The van der Waals surface area contributed by atoms with E-state index in [0.29, 0.717) is 0 Å². The van der Waals surface area contributed by atoms with Gasteiger partial charge in [-0.15, -0.1) is 0 Å². The Morgan fingerprint density at radius 3 is 2.74 bits per heavy atom. The lowest BCUT2D eigenvalue weighted by Gasteiger charge is -2.04. The first kappa shape index (κ1) is 12.7. The molecule has 1 fully saturated rings. The highest BCUT2D eigenvalue weighted by atomic mass is 32.2. The molecule has 1 saturated carbocycles. The molecule has 3 rings (SSSR count). The molecule has 3 nitrogen and oxygen atoms in total. The van der Waals surface area contributed by atoms with Crippen LogP contribution < -0.4 is 5.32 Å². The number of amides is 1. The number of aromatic nitrogens is 1. The first-order chi connectivity index (χ1) is 9.28. The smallest absolute Gasteiger partial charge is 0.228 e. The van der Waals surface area contributed by atoms with Crippen LogP contribution in [0.2, 0.25) is 0 Å². The maximum Gasteiger partial charge on any atom is 0.228 e. The first-order valence-corrected chi connectivity index (χ1v) is 8.23. The van der Waals surface area contributed by atoms with Gasteiger partial charge < -0.3 is 5.32 Å². The van der Waals surface area contributed by atoms with Crippen molar-refractivity contribution < 1.29 is 4.79 Å². The molecule has 1 heterocycles. The molecule has 5 heteroatoms. The summed E-state index contributed by atoms with van der Waals surface area (Å²) in [5, 5.41) is 3.90. The maximum absolute atomic E-state index is 11.9. The van der Waals surface area contributed by atoms with E-state index in [1.165, 1.54) is 0 Å². The number of anilines is 1. The van der Waals surface area contributed by atoms with Crippen LogP contribution in [0.4, 0.5) is 5.00 Å². The fraction of sp³-hybridized carbons (Fsp3) is 0.286. The molecule has 1 amide bonds. The topological polar surface area (TPSA) is 42.0 Å². The molecular weight excluding hydrogens is 276 g/mol. The summed E-state index contributed by atoms with van der Waals surface area (Å²) >= 11 is 3.15. The van der Waals surface area contributed by atoms with Crippen LogP contribution in [0.15, 0.2) is 34.7 Å². The third-order valence-electron chi connectivity index (χ3n) is 3.01. The van der Waals surface area contributed by atoms with Crippen LogP contribution in [0.5, 0.6) is 0 Å². The Morgan fingerprint density at radius 2 is 2.11 bits per heavy atom. The fourth-order valence-corrected chi connectivity index (χ4v) is 3.31. The lowest BCUT2D eigenvalue weighted by Crippen LogP contribution is -2.12. The van der Waals surface area contributed by atoms with Gasteiger partial charge in [-0.2, -0.15) is 0 Å². The molecule has 1 N–H and O–H groups in total. The van der Waals surface area contributed by atoms with Crippen molar-refractivity contribution in [3.8, 4) is 11.3 Å². The van der Waals surface area contributed by atoms with E-state index in [0.717, 1.165) is 33.4 Å². The largest absolute Gasteiger partial charge is 0.316 e. The number of carbonyl (C=O) groups is 1. The molecule has 2 aromatic rings. The second-order valence-electron chi connectivity index (χ2n) is 4.49. The number of hydrogen-bond acceptors (Lipinski definition) is 4. The molecule has 1 aliphatic carbocycles. The minimum absolute atomic E-state index is 0.133. The summed E-state index contributed by atoms with van der Waals surface area (Å²) in [5.41, 5.74) is 1.93. The van der Waals surface area contributed by atoms with Gasteiger partial charge in [-0.1, -0.05) is 53.4 Å². The molecule has 0 radical (unpaired) electrons. The third-order valence-corrected chi connectivity index (χ3v) is 4.97. The summed E-state index contributed by atoms with van der Waals surface area (Å²) in [7, 11) is 0. The number of thiazole rings is 1. The minimum Gasteiger partial charge on any atom is -0.316 e. The van der Waals surface area contributed by atoms with E-state index in [-0.39, 0.29) is 11.8 Å². The Bertz CT molecular complexity index is 591. The van der Waals surface area contributed by atoms with Gasteiger partial charge in [0.2, 0.25) is 5.91 Å². The van der Waals surface area contributed by atoms with Crippen molar-refractivity contribution in [1.82, 2.24) is 4.98 Å². The molecule has 0 spiro atoms. The van der Waals surface area contributed by atoms with Crippen LogP contribution in [0.25, 0.3) is 11.3 Å². The number of nitrogens with zero attached hydrogens (tertiary/aromatic N) is 1. The number of thioether (sulfide) groups is 1. The van der Waals surface area contributed by atoms with Crippen LogP contribution in [-0.4, -0.2) is 17.1 Å². The Balaban J connectivity index is 1.93. The van der Waals surface area contributed by atoms with Gasteiger partial charge in [0.25, 0.3) is 0 Å². The van der Waals surface area contributed by atoms with Crippen LogP contribution in [0, 0.1) is 5.92 Å². The molecule has 98 valence electrons. The third kappa shape index (κ3) is 2.82. The molecule has 0 aliphatic heterocycles. The molecule has 19 heavy (non-hydrogen) atoms. The van der Waals surface area contributed by atoms with Gasteiger partial charge in [-0.3, -0.25) is 4.79 Å². The average Bonchev–Trinajstić information content (AvgIpc) is 3.22. The molecule has 1 aromatic heterocycles. The lowest BCUT2D eigenvalue weighted by atomic mass is 10.2. The van der Waals surface area contributed by atoms with E-state index in [1.807, 2.05) is 36.6 Å². The lowest BCUT2D eigenvalue weighted by molar-refractivity contribution is -0.117. The molecular formula is C14H14N2OS2. The van der Waals surface area contributed by atoms with Crippen molar-refractivity contribution in [3.63, 3.8) is 0 Å². The van der Waals surface area contributed by atoms with E-state index >= 15 is 0 Å². The van der Waals surface area contributed by atoms with Crippen LogP contribution in [-0.2, 0) is 4.79 Å². The zero-order valence-corrected chi connectivity index (χ0v) is 12.2. The Morgan fingerprint density at radius 1 is 1.37 bits per heavy atom. The van der Waals surface area contributed by atoms with Crippen molar-refractivity contribution in [2.24, 2.45) is 5.92 Å². The second-order valence-corrected chi connectivity index (χ2v) is 6.54. The number of carbonyl (C=O) groups excluding carboxylic acids is 1. The second kappa shape index (κ2) is 5.35. The van der Waals surface area contributed by atoms with E-state index in [1.54, 1.807) is 23.1 Å². The predicted molar refractivity (Wildman–Crippen MR) is 80.7 cm³/mol. The van der Waals surface area contributed by atoms with Crippen LogP contribution in [0.1, 0.15) is 12.8 Å². The monoisotopic (exact) mass is 290 g/mol. The highest BCUT2D eigenvalue weighted by molar-refractivity contribution is 8.00. The van der Waals surface area contributed by atoms with Crippen molar-refractivity contribution in [2.45, 2.75) is 17.2 Å². The first-order valence-electron chi connectivity index (χ1n) is 6.19. The zero-order valence-electron chi connectivity index (χ0n) is 10.6. The fourth-order valence-electron chi connectivity index (χ4n) is 1.82. The molecule has 0 atom stereocenters. The summed E-state index contributed by atoms with van der Waals surface area (Å²) in [6, 6.07) is 9.99. The SMILES string of the molecule is CSc1nc(-c2ccccc2)c(NC(=O)C2CC2)s1. The zero-order chi connectivity index (χ0) is 13.2. The molecule has 1 aromatic carbocycles. The highest BCUT2D eigenvalue weighted by Crippen LogP contribution is 2.38. The summed E-state index contributed by atoms with van der Waals surface area (Å²) in [6.07, 6.45) is 4.03. The number of nitrogens with one attached hydrogen (secondary N) is 1. The standard InChI is InChI=1S/C14H14N2OS2/c1-18-14-15-11(9-5-3-2-4-6-9)13(19-14)16-12(17)10-7-8-10/h2-6,10H,7-8H2,1H3,(H,16,17).